The molecule has 0 aliphatic heterocycles. The number of pyridine rings is 1. The fourth-order valence-corrected chi connectivity index (χ4v) is 2.32. The van der Waals surface area contributed by atoms with Gasteiger partial charge in [-0.15, -0.1) is 0 Å². The number of benzene rings is 2. The van der Waals surface area contributed by atoms with Crippen molar-refractivity contribution in [2.24, 2.45) is 0 Å². The van der Waals surface area contributed by atoms with Crippen molar-refractivity contribution >= 4 is 28.7 Å². The van der Waals surface area contributed by atoms with Gasteiger partial charge in [0.1, 0.15) is 5.52 Å². The minimum atomic E-state index is -2.25. The first-order valence-corrected chi connectivity index (χ1v) is 7.05. The molecule has 0 atom stereocenters. The number of nitro benzene ring substituents is 1. The van der Waals surface area contributed by atoms with Crippen molar-refractivity contribution in [3.05, 3.63) is 80.8 Å². The highest BCUT2D eigenvalue weighted by atomic mass is 19.2. The summed E-state index contributed by atoms with van der Waals surface area (Å²) in [5, 5.41) is 11.5. The predicted molar refractivity (Wildman–Crippen MR) is 83.6 cm³/mol. The Morgan fingerprint density at radius 2 is 1.46 bits per heavy atom. The van der Waals surface area contributed by atoms with Gasteiger partial charge in [0, 0.05) is 11.5 Å². The van der Waals surface area contributed by atoms with E-state index in [1.165, 1.54) is 24.3 Å². The second-order valence-corrected chi connectivity index (χ2v) is 5.16. The van der Waals surface area contributed by atoms with Gasteiger partial charge < -0.3 is 0 Å². The Balaban J connectivity index is 2.10. The van der Waals surface area contributed by atoms with Gasteiger partial charge in [-0.05, 0) is 18.2 Å². The van der Waals surface area contributed by atoms with Crippen molar-refractivity contribution in [3.8, 4) is 0 Å². The van der Waals surface area contributed by atoms with Crippen LogP contribution in [0.2, 0.25) is 0 Å². The summed E-state index contributed by atoms with van der Waals surface area (Å²) in [5.41, 5.74) is -1.35. The molecule has 0 bridgehead atoms. The Hall–Kier alpha value is -3.36. The zero-order valence-electron chi connectivity index (χ0n) is 12.6. The summed E-state index contributed by atoms with van der Waals surface area (Å²) in [5.74, 6) is -10.3. The molecule has 0 saturated heterocycles. The first-order valence-electron chi connectivity index (χ1n) is 7.05. The van der Waals surface area contributed by atoms with E-state index in [1.807, 2.05) is 0 Å². The summed E-state index contributed by atoms with van der Waals surface area (Å²) >= 11 is 0. The normalized spacial score (nSPS) is 11.4. The molecule has 3 aromatic rings. The quantitative estimate of drug-likeness (QED) is 0.215. The van der Waals surface area contributed by atoms with Gasteiger partial charge in [0.2, 0.25) is 5.82 Å². The van der Waals surface area contributed by atoms with E-state index in [4.69, 9.17) is 0 Å². The van der Waals surface area contributed by atoms with Crippen LogP contribution in [0.25, 0.3) is 23.1 Å². The van der Waals surface area contributed by atoms with Crippen molar-refractivity contribution in [1.29, 1.82) is 0 Å². The van der Waals surface area contributed by atoms with Crippen molar-refractivity contribution < 1.29 is 26.9 Å². The standard InChI is InChI=1S/C17H7F5N2O2/c18-12-10(13(19)15(21)16(22)14(12)20)7-6-9-5-4-8-2-1-3-11(24(25)26)17(8)23-9/h1-7H/b7-6+. The summed E-state index contributed by atoms with van der Waals surface area (Å²) in [4.78, 5) is 14.4. The largest absolute Gasteiger partial charge is 0.295 e. The van der Waals surface area contributed by atoms with Crippen LogP contribution < -0.4 is 0 Å². The Kier molecular flexibility index (Phi) is 4.37. The molecule has 2 aromatic carbocycles. The molecule has 0 aliphatic rings. The monoisotopic (exact) mass is 366 g/mol. The molecular weight excluding hydrogens is 359 g/mol. The number of non-ortho nitro benzene ring substituents is 1. The minimum Gasteiger partial charge on any atom is -0.258 e. The van der Waals surface area contributed by atoms with Crippen LogP contribution >= 0.6 is 0 Å². The van der Waals surface area contributed by atoms with Gasteiger partial charge in [0.05, 0.1) is 16.2 Å². The number of hydrogen-bond donors (Lipinski definition) is 0. The molecule has 0 unspecified atom stereocenters. The van der Waals surface area contributed by atoms with Gasteiger partial charge in [-0.3, -0.25) is 10.1 Å². The third-order valence-corrected chi connectivity index (χ3v) is 3.58. The third kappa shape index (κ3) is 2.87. The zero-order chi connectivity index (χ0) is 19.0. The fourth-order valence-electron chi connectivity index (χ4n) is 2.32. The van der Waals surface area contributed by atoms with Gasteiger partial charge in [-0.25, -0.2) is 26.9 Å². The number of rotatable bonds is 3. The van der Waals surface area contributed by atoms with Crippen LogP contribution in [-0.4, -0.2) is 9.91 Å². The van der Waals surface area contributed by atoms with Crippen LogP contribution in [-0.2, 0) is 0 Å². The van der Waals surface area contributed by atoms with E-state index in [2.05, 4.69) is 4.98 Å². The Labute approximate surface area is 142 Å². The highest BCUT2D eigenvalue weighted by Crippen LogP contribution is 2.26. The maximum Gasteiger partial charge on any atom is 0.295 e. The lowest BCUT2D eigenvalue weighted by molar-refractivity contribution is -0.383. The number of nitrogens with zero attached hydrogens (tertiary/aromatic N) is 2. The highest BCUT2D eigenvalue weighted by Gasteiger charge is 2.24. The van der Waals surface area contributed by atoms with E-state index >= 15 is 0 Å². The molecule has 3 rings (SSSR count). The summed E-state index contributed by atoms with van der Waals surface area (Å²) in [6.45, 7) is 0. The molecule has 0 fully saturated rings. The Morgan fingerprint density at radius 1 is 0.846 bits per heavy atom. The summed E-state index contributed by atoms with van der Waals surface area (Å²) < 4.78 is 66.7. The molecule has 9 heteroatoms. The van der Waals surface area contributed by atoms with Crippen molar-refractivity contribution in [2.75, 3.05) is 0 Å². The first kappa shape index (κ1) is 17.5. The predicted octanol–water partition coefficient (Wildman–Crippen LogP) is 5.01. The van der Waals surface area contributed by atoms with Gasteiger partial charge in [-0.2, -0.15) is 0 Å². The number of nitro groups is 1. The van der Waals surface area contributed by atoms with Gasteiger partial charge in [0.25, 0.3) is 5.69 Å². The smallest absolute Gasteiger partial charge is 0.258 e. The van der Waals surface area contributed by atoms with Crippen LogP contribution in [0.15, 0.2) is 30.3 Å². The minimum absolute atomic E-state index is 0.0251. The maximum absolute atomic E-state index is 13.6. The lowest BCUT2D eigenvalue weighted by atomic mass is 10.1. The third-order valence-electron chi connectivity index (χ3n) is 3.58. The molecule has 0 radical (unpaired) electrons. The SMILES string of the molecule is O=[N+]([O-])c1cccc2ccc(/C=C/c3c(F)c(F)c(F)c(F)c3F)nc12. The van der Waals surface area contributed by atoms with Gasteiger partial charge >= 0.3 is 0 Å². The van der Waals surface area contributed by atoms with Crippen molar-refractivity contribution in [2.45, 2.75) is 0 Å². The Morgan fingerprint density at radius 3 is 2.08 bits per heavy atom. The number of para-hydroxylation sites is 1. The molecule has 0 saturated carbocycles. The first-order chi connectivity index (χ1) is 12.3. The van der Waals surface area contributed by atoms with Crippen molar-refractivity contribution in [1.82, 2.24) is 4.98 Å². The molecule has 26 heavy (non-hydrogen) atoms. The lowest BCUT2D eigenvalue weighted by Crippen LogP contribution is -2.03. The molecular formula is C17H7F5N2O2. The van der Waals surface area contributed by atoms with Crippen LogP contribution in [0.5, 0.6) is 0 Å². The molecule has 0 N–H and O–H groups in total. The molecule has 0 amide bonds. The molecule has 132 valence electrons. The summed E-state index contributed by atoms with van der Waals surface area (Å²) in [6.07, 6.45) is 1.66. The van der Waals surface area contributed by atoms with Crippen LogP contribution in [0.3, 0.4) is 0 Å². The topological polar surface area (TPSA) is 56.0 Å². The van der Waals surface area contributed by atoms with Crippen LogP contribution in [0.4, 0.5) is 27.6 Å². The molecule has 0 aliphatic carbocycles. The van der Waals surface area contributed by atoms with E-state index in [1.54, 1.807) is 6.07 Å². The zero-order valence-corrected chi connectivity index (χ0v) is 12.6. The van der Waals surface area contributed by atoms with Gasteiger partial charge in [0.15, 0.2) is 23.3 Å². The molecule has 0 spiro atoms. The number of fused-ring (bicyclic) bond motifs is 1. The number of hydrogen-bond acceptors (Lipinski definition) is 3. The average Bonchev–Trinajstić information content (AvgIpc) is 2.64. The van der Waals surface area contributed by atoms with Gasteiger partial charge in [-0.1, -0.05) is 18.2 Å². The Bertz CT molecular complexity index is 1050. The average molecular weight is 366 g/mol. The highest BCUT2D eigenvalue weighted by molar-refractivity contribution is 5.88. The molecule has 1 heterocycles. The summed E-state index contributed by atoms with van der Waals surface area (Å²) in [6, 6.07) is 7.13. The van der Waals surface area contributed by atoms with Crippen LogP contribution in [0.1, 0.15) is 11.3 Å². The fraction of sp³-hybridized carbons (Fsp3) is 0. The number of halogens is 5. The van der Waals surface area contributed by atoms with E-state index in [-0.39, 0.29) is 16.9 Å². The van der Waals surface area contributed by atoms with E-state index in [0.717, 1.165) is 6.08 Å². The second kappa shape index (κ2) is 6.51. The van der Waals surface area contributed by atoms with E-state index < -0.39 is 39.6 Å². The maximum atomic E-state index is 13.6. The van der Waals surface area contributed by atoms with E-state index in [0.29, 0.717) is 11.5 Å². The van der Waals surface area contributed by atoms with E-state index in [9.17, 15) is 32.1 Å². The molecule has 1 aromatic heterocycles. The second-order valence-electron chi connectivity index (χ2n) is 5.16. The van der Waals surface area contributed by atoms with Crippen molar-refractivity contribution in [3.63, 3.8) is 0 Å². The number of aromatic nitrogens is 1. The summed E-state index contributed by atoms with van der Waals surface area (Å²) in [7, 11) is 0. The van der Waals surface area contributed by atoms with Crippen LogP contribution in [0, 0.1) is 39.2 Å². The lowest BCUT2D eigenvalue weighted by Gasteiger charge is -2.04. The molecule has 4 nitrogen and oxygen atoms in total.